The third-order valence-electron chi connectivity index (χ3n) is 4.22. The molecule has 0 radical (unpaired) electrons. The van der Waals surface area contributed by atoms with Gasteiger partial charge in [0.25, 0.3) is 0 Å². The van der Waals surface area contributed by atoms with Crippen molar-refractivity contribution in [2.45, 2.75) is 13.8 Å². The topological polar surface area (TPSA) is 28.7 Å². The molecule has 130 valence electrons. The lowest BCUT2D eigenvalue weighted by molar-refractivity contribution is 0.965. The molecule has 3 aromatic rings. The van der Waals surface area contributed by atoms with E-state index in [9.17, 15) is 5.26 Å². The van der Waals surface area contributed by atoms with Crippen LogP contribution in [0.4, 0.5) is 0 Å². The Morgan fingerprint density at radius 2 is 1.81 bits per heavy atom. The van der Waals surface area contributed by atoms with Crippen LogP contribution in [0.5, 0.6) is 0 Å². The Kier molecular flexibility index (Phi) is 5.58. The number of nitriles is 1. The molecule has 3 rings (SSSR count). The summed E-state index contributed by atoms with van der Waals surface area (Å²) in [6.07, 6.45) is 1.90. The molecule has 0 saturated carbocycles. The van der Waals surface area contributed by atoms with Crippen molar-refractivity contribution in [2.75, 3.05) is 0 Å². The van der Waals surface area contributed by atoms with Crippen molar-refractivity contribution < 1.29 is 0 Å². The summed E-state index contributed by atoms with van der Waals surface area (Å²) in [5.74, 6) is 0. The second kappa shape index (κ2) is 7.72. The number of hydrogen-bond acceptors (Lipinski definition) is 1. The van der Waals surface area contributed by atoms with Crippen molar-refractivity contribution in [2.24, 2.45) is 0 Å². The number of aryl methyl sites for hydroxylation is 1. The number of hydrogen-bond donors (Lipinski definition) is 0. The lowest BCUT2D eigenvalue weighted by Crippen LogP contribution is -2.00. The van der Waals surface area contributed by atoms with E-state index in [2.05, 4.69) is 26.6 Å². The predicted molar refractivity (Wildman–Crippen MR) is 113 cm³/mol. The molecule has 0 fully saturated rings. The summed E-state index contributed by atoms with van der Waals surface area (Å²) in [6, 6.07) is 17.6. The molecule has 0 saturated heterocycles. The number of aromatic nitrogens is 1. The van der Waals surface area contributed by atoms with Crippen LogP contribution in [-0.4, -0.2) is 4.57 Å². The van der Waals surface area contributed by atoms with Gasteiger partial charge in [0.05, 0.1) is 27.4 Å². The normalized spacial score (nSPS) is 11.5. The summed E-state index contributed by atoms with van der Waals surface area (Å²) in [5, 5.41) is 10.6. The highest BCUT2D eigenvalue weighted by atomic mass is 79.9. The quantitative estimate of drug-likeness (QED) is 0.391. The van der Waals surface area contributed by atoms with Crippen LogP contribution in [0, 0.1) is 25.2 Å². The molecule has 1 aromatic heterocycles. The molecule has 0 N–H and O–H groups in total. The van der Waals surface area contributed by atoms with Gasteiger partial charge in [0.15, 0.2) is 0 Å². The smallest absolute Gasteiger partial charge is 0.0998 e. The van der Waals surface area contributed by atoms with Crippen LogP contribution in [0.3, 0.4) is 0 Å². The van der Waals surface area contributed by atoms with Gasteiger partial charge in [0, 0.05) is 15.9 Å². The molecule has 0 atom stereocenters. The molecular formula is C21H15BrCl2N2. The first-order valence-electron chi connectivity index (χ1n) is 7.93. The van der Waals surface area contributed by atoms with Crippen molar-refractivity contribution in [1.29, 1.82) is 5.26 Å². The third kappa shape index (κ3) is 3.59. The highest BCUT2D eigenvalue weighted by Gasteiger charge is 2.14. The maximum Gasteiger partial charge on any atom is 0.0998 e. The van der Waals surface area contributed by atoms with Gasteiger partial charge in [0.1, 0.15) is 0 Å². The lowest BCUT2D eigenvalue weighted by atomic mass is 10.0. The van der Waals surface area contributed by atoms with Crippen LogP contribution in [0.1, 0.15) is 22.5 Å². The maximum absolute atomic E-state index is 9.60. The summed E-state index contributed by atoms with van der Waals surface area (Å²) in [4.78, 5) is 0. The molecular weight excluding hydrogens is 431 g/mol. The van der Waals surface area contributed by atoms with Crippen molar-refractivity contribution in [3.05, 3.63) is 85.6 Å². The van der Waals surface area contributed by atoms with E-state index in [1.807, 2.05) is 62.4 Å². The standard InChI is InChI=1S/C21H15BrCl2N2/c1-13-10-16(11-17(12-25)15-6-8-18(22)9-7-15)14(2)26(13)20-5-3-4-19(23)21(20)24/h3-11H,1-2H3/b17-11-. The third-order valence-corrected chi connectivity index (χ3v) is 5.56. The van der Waals surface area contributed by atoms with Crippen LogP contribution in [-0.2, 0) is 0 Å². The van der Waals surface area contributed by atoms with Crippen LogP contribution in [0.25, 0.3) is 17.3 Å². The highest BCUT2D eigenvalue weighted by Crippen LogP contribution is 2.32. The first-order valence-corrected chi connectivity index (χ1v) is 9.48. The zero-order valence-corrected chi connectivity index (χ0v) is 17.3. The molecule has 0 aliphatic rings. The largest absolute Gasteiger partial charge is 0.316 e. The number of halogens is 3. The molecule has 0 aliphatic carbocycles. The molecule has 2 aromatic carbocycles. The van der Waals surface area contributed by atoms with Gasteiger partial charge in [-0.3, -0.25) is 0 Å². The monoisotopic (exact) mass is 444 g/mol. The van der Waals surface area contributed by atoms with E-state index in [1.54, 1.807) is 6.07 Å². The molecule has 0 aliphatic heterocycles. The van der Waals surface area contributed by atoms with Crippen molar-refractivity contribution in [1.82, 2.24) is 4.57 Å². The maximum atomic E-state index is 9.60. The first-order chi connectivity index (χ1) is 12.4. The van der Waals surface area contributed by atoms with Gasteiger partial charge in [-0.2, -0.15) is 5.26 Å². The number of benzene rings is 2. The second-order valence-electron chi connectivity index (χ2n) is 5.91. The lowest BCUT2D eigenvalue weighted by Gasteiger charge is -2.12. The first kappa shape index (κ1) is 18.8. The Bertz CT molecular complexity index is 1040. The Morgan fingerprint density at radius 3 is 2.46 bits per heavy atom. The van der Waals surface area contributed by atoms with E-state index in [4.69, 9.17) is 23.2 Å². The summed E-state index contributed by atoms with van der Waals surface area (Å²) >= 11 is 16.0. The molecule has 1 heterocycles. The van der Waals surface area contributed by atoms with Gasteiger partial charge < -0.3 is 4.57 Å². The average Bonchev–Trinajstić information content (AvgIpc) is 2.90. The summed E-state index contributed by atoms with van der Waals surface area (Å²) in [5.41, 5.74) is 5.30. The molecule has 2 nitrogen and oxygen atoms in total. The van der Waals surface area contributed by atoms with Crippen LogP contribution in [0.15, 0.2) is 53.0 Å². The number of nitrogens with zero attached hydrogens (tertiary/aromatic N) is 2. The van der Waals surface area contributed by atoms with E-state index in [0.29, 0.717) is 15.6 Å². The highest BCUT2D eigenvalue weighted by molar-refractivity contribution is 9.10. The van der Waals surface area contributed by atoms with E-state index < -0.39 is 0 Å². The van der Waals surface area contributed by atoms with E-state index in [0.717, 1.165) is 32.7 Å². The SMILES string of the molecule is Cc1cc(/C=C(/C#N)c2ccc(Br)cc2)c(C)n1-c1cccc(Cl)c1Cl. The fourth-order valence-corrected chi connectivity index (χ4v) is 3.58. The van der Waals surface area contributed by atoms with Gasteiger partial charge in [0.2, 0.25) is 0 Å². The minimum absolute atomic E-state index is 0.514. The molecule has 0 bridgehead atoms. The predicted octanol–water partition coefficient (Wildman–Crippen LogP) is 7.23. The molecule has 0 amide bonds. The minimum Gasteiger partial charge on any atom is -0.316 e. The molecule has 0 unspecified atom stereocenters. The number of rotatable bonds is 3. The Balaban J connectivity index is 2.12. The molecule has 5 heteroatoms. The van der Waals surface area contributed by atoms with Crippen molar-refractivity contribution >= 4 is 50.8 Å². The number of allylic oxidation sites excluding steroid dienone is 1. The average molecular weight is 446 g/mol. The summed E-state index contributed by atoms with van der Waals surface area (Å²) in [7, 11) is 0. The summed E-state index contributed by atoms with van der Waals surface area (Å²) in [6.45, 7) is 4.01. The molecule has 26 heavy (non-hydrogen) atoms. The van der Waals surface area contributed by atoms with E-state index >= 15 is 0 Å². The fourth-order valence-electron chi connectivity index (χ4n) is 2.93. The minimum atomic E-state index is 0.514. The van der Waals surface area contributed by atoms with Gasteiger partial charge in [-0.1, -0.05) is 57.3 Å². The van der Waals surface area contributed by atoms with E-state index in [-0.39, 0.29) is 0 Å². The zero-order chi connectivity index (χ0) is 18.8. The Morgan fingerprint density at radius 1 is 1.12 bits per heavy atom. The Labute approximate surface area is 171 Å². The van der Waals surface area contributed by atoms with Gasteiger partial charge in [-0.15, -0.1) is 0 Å². The summed E-state index contributed by atoms with van der Waals surface area (Å²) < 4.78 is 3.03. The zero-order valence-electron chi connectivity index (χ0n) is 14.2. The van der Waals surface area contributed by atoms with Crippen LogP contribution >= 0.6 is 39.1 Å². The fraction of sp³-hybridized carbons (Fsp3) is 0.0952. The second-order valence-corrected chi connectivity index (χ2v) is 7.61. The molecule has 0 spiro atoms. The van der Waals surface area contributed by atoms with Gasteiger partial charge in [-0.05, 0) is 61.4 Å². The van der Waals surface area contributed by atoms with Gasteiger partial charge in [-0.25, -0.2) is 0 Å². The van der Waals surface area contributed by atoms with E-state index in [1.165, 1.54) is 0 Å². The van der Waals surface area contributed by atoms with Crippen molar-refractivity contribution in [3.8, 4) is 11.8 Å². The van der Waals surface area contributed by atoms with Crippen molar-refractivity contribution in [3.63, 3.8) is 0 Å². The van der Waals surface area contributed by atoms with Gasteiger partial charge >= 0.3 is 0 Å². The van der Waals surface area contributed by atoms with Crippen LogP contribution < -0.4 is 0 Å². The Hall–Kier alpha value is -1.99. The van der Waals surface area contributed by atoms with Crippen LogP contribution in [0.2, 0.25) is 10.0 Å².